The van der Waals surface area contributed by atoms with Crippen LogP contribution in [0.25, 0.3) is 10.9 Å². The molecule has 2 aromatic heterocycles. The number of esters is 1. The van der Waals surface area contributed by atoms with Crippen molar-refractivity contribution in [2.45, 2.75) is 26.2 Å². The Hall–Kier alpha value is -2.91. The lowest BCUT2D eigenvalue weighted by molar-refractivity contribution is -0.142. The van der Waals surface area contributed by atoms with Gasteiger partial charge >= 0.3 is 5.97 Å². The molecule has 1 saturated heterocycles. The highest BCUT2D eigenvalue weighted by atomic mass is 35.5. The molecule has 0 aliphatic carbocycles. The summed E-state index contributed by atoms with van der Waals surface area (Å²) in [5.74, 6) is -1.07. The first-order valence-electron chi connectivity index (χ1n) is 10.4. The number of nitrogens with one attached hydrogen (secondary N) is 2. The summed E-state index contributed by atoms with van der Waals surface area (Å²) in [5.41, 5.74) is 2.63. The van der Waals surface area contributed by atoms with E-state index in [9.17, 15) is 14.4 Å². The molecule has 32 heavy (non-hydrogen) atoms. The average molecular weight is 475 g/mol. The zero-order valence-electron chi connectivity index (χ0n) is 17.5. The second-order valence-corrected chi connectivity index (χ2v) is 8.90. The quantitative estimate of drug-likeness (QED) is 0.487. The second-order valence-electron chi connectivity index (χ2n) is 7.61. The number of nitrogens with zero attached hydrogens (tertiary/aromatic N) is 2. The van der Waals surface area contributed by atoms with E-state index < -0.39 is 5.92 Å². The van der Waals surface area contributed by atoms with Crippen LogP contribution < -0.4 is 5.32 Å². The molecule has 1 fully saturated rings. The molecule has 0 spiro atoms. The number of carbonyl (C=O) groups excluding carboxylic acids is 3. The maximum atomic E-state index is 12.7. The number of fused-ring (bicyclic) bond motifs is 1. The minimum absolute atomic E-state index is 0.0369. The lowest BCUT2D eigenvalue weighted by Gasteiger charge is -2.16. The van der Waals surface area contributed by atoms with Crippen LogP contribution in [0.1, 0.15) is 24.6 Å². The van der Waals surface area contributed by atoms with Gasteiger partial charge in [0.2, 0.25) is 11.8 Å². The predicted molar refractivity (Wildman–Crippen MR) is 123 cm³/mol. The van der Waals surface area contributed by atoms with Crippen LogP contribution in [-0.4, -0.2) is 52.3 Å². The van der Waals surface area contributed by atoms with Crippen LogP contribution in [0.3, 0.4) is 0 Å². The molecule has 168 valence electrons. The number of benzene rings is 1. The van der Waals surface area contributed by atoms with E-state index in [1.54, 1.807) is 17.2 Å². The molecular weight excluding hydrogens is 452 g/mol. The van der Waals surface area contributed by atoms with Gasteiger partial charge in [0.25, 0.3) is 0 Å². The number of carbonyl (C=O) groups is 3. The zero-order chi connectivity index (χ0) is 22.7. The van der Waals surface area contributed by atoms with E-state index in [1.807, 2.05) is 24.4 Å². The Kier molecular flexibility index (Phi) is 6.76. The summed E-state index contributed by atoms with van der Waals surface area (Å²) in [6.07, 6.45) is 2.84. The molecule has 0 radical (unpaired) electrons. The molecule has 10 heteroatoms. The van der Waals surface area contributed by atoms with E-state index in [-0.39, 0.29) is 30.6 Å². The van der Waals surface area contributed by atoms with Gasteiger partial charge in [0.1, 0.15) is 0 Å². The first-order valence-corrected chi connectivity index (χ1v) is 11.6. The van der Waals surface area contributed by atoms with Crippen LogP contribution in [0.2, 0.25) is 5.02 Å². The molecule has 8 nitrogen and oxygen atoms in total. The number of amides is 2. The highest BCUT2D eigenvalue weighted by Crippen LogP contribution is 2.25. The lowest BCUT2D eigenvalue weighted by atomic mass is 10.1. The van der Waals surface area contributed by atoms with Crippen LogP contribution in [0.5, 0.6) is 0 Å². The normalized spacial score (nSPS) is 16.0. The Bertz CT molecular complexity index is 1160. The molecule has 0 bridgehead atoms. The Balaban J connectivity index is 1.31. The number of hydrogen-bond donors (Lipinski definition) is 2. The van der Waals surface area contributed by atoms with Gasteiger partial charge in [0.05, 0.1) is 24.6 Å². The van der Waals surface area contributed by atoms with Crippen molar-refractivity contribution in [3.63, 3.8) is 0 Å². The van der Waals surface area contributed by atoms with Gasteiger partial charge in [-0.2, -0.15) is 0 Å². The fourth-order valence-corrected chi connectivity index (χ4v) is 4.67. The monoisotopic (exact) mass is 474 g/mol. The van der Waals surface area contributed by atoms with Gasteiger partial charge in [-0.25, -0.2) is 4.98 Å². The van der Waals surface area contributed by atoms with Gasteiger partial charge in [0.15, 0.2) is 5.13 Å². The second kappa shape index (κ2) is 9.70. The summed E-state index contributed by atoms with van der Waals surface area (Å²) in [6, 6.07) is 5.67. The van der Waals surface area contributed by atoms with Crippen LogP contribution in [0.4, 0.5) is 5.13 Å². The summed E-state index contributed by atoms with van der Waals surface area (Å²) >= 11 is 7.35. The predicted octanol–water partition coefficient (Wildman–Crippen LogP) is 3.41. The number of aromatic nitrogens is 2. The molecule has 3 aromatic rings. The third-order valence-electron chi connectivity index (χ3n) is 5.38. The highest BCUT2D eigenvalue weighted by Gasteiger charge is 2.34. The summed E-state index contributed by atoms with van der Waals surface area (Å²) < 4.78 is 4.91. The summed E-state index contributed by atoms with van der Waals surface area (Å²) in [7, 11) is 0. The van der Waals surface area contributed by atoms with Gasteiger partial charge in [-0.3, -0.25) is 14.4 Å². The molecular formula is C22H23ClN4O4S. The molecule has 1 atom stereocenters. The van der Waals surface area contributed by atoms with Crippen LogP contribution >= 0.6 is 22.9 Å². The third-order valence-corrected chi connectivity index (χ3v) is 6.42. The van der Waals surface area contributed by atoms with Crippen molar-refractivity contribution in [1.82, 2.24) is 14.9 Å². The van der Waals surface area contributed by atoms with Gasteiger partial charge in [-0.15, -0.1) is 11.3 Å². The largest absolute Gasteiger partial charge is 0.466 e. The fourth-order valence-electron chi connectivity index (χ4n) is 3.79. The number of H-pyrrole nitrogens is 1. The molecule has 0 unspecified atom stereocenters. The maximum Gasteiger partial charge on any atom is 0.311 e. The average Bonchev–Trinajstić information content (AvgIpc) is 3.45. The first kappa shape index (κ1) is 22.3. The molecule has 1 aliphatic heterocycles. The summed E-state index contributed by atoms with van der Waals surface area (Å²) in [5, 5.41) is 6.60. The van der Waals surface area contributed by atoms with E-state index in [1.165, 1.54) is 11.3 Å². The summed E-state index contributed by atoms with van der Waals surface area (Å²) in [4.78, 5) is 45.9. The van der Waals surface area contributed by atoms with Gasteiger partial charge in [0, 0.05) is 47.0 Å². The standard InChI is InChI=1S/C22H23ClN4O4S/c1-2-31-20(29)9-16-12-32-22(25-16)26-21(30)14-7-19(28)27(11-14)6-5-13-10-24-18-4-3-15(23)8-17(13)18/h3-4,8,10,12,14,24H,2,5-7,9,11H2,1H3,(H,25,26,30)/t14-/m0/s1. The highest BCUT2D eigenvalue weighted by molar-refractivity contribution is 7.13. The maximum absolute atomic E-state index is 12.7. The van der Waals surface area contributed by atoms with Crippen molar-refractivity contribution in [3.8, 4) is 0 Å². The van der Waals surface area contributed by atoms with Crippen molar-refractivity contribution in [2.24, 2.45) is 5.92 Å². The van der Waals surface area contributed by atoms with E-state index in [4.69, 9.17) is 16.3 Å². The van der Waals surface area contributed by atoms with E-state index in [0.29, 0.717) is 42.0 Å². The van der Waals surface area contributed by atoms with Crippen molar-refractivity contribution < 1.29 is 19.1 Å². The Morgan fingerprint density at radius 2 is 2.25 bits per heavy atom. The van der Waals surface area contributed by atoms with Crippen LogP contribution in [-0.2, 0) is 32.0 Å². The number of halogens is 1. The smallest absolute Gasteiger partial charge is 0.311 e. The lowest BCUT2D eigenvalue weighted by Crippen LogP contribution is -2.30. The number of hydrogen-bond acceptors (Lipinski definition) is 6. The van der Waals surface area contributed by atoms with Crippen molar-refractivity contribution in [2.75, 3.05) is 25.0 Å². The van der Waals surface area contributed by atoms with E-state index in [0.717, 1.165) is 16.5 Å². The van der Waals surface area contributed by atoms with E-state index >= 15 is 0 Å². The third kappa shape index (κ3) is 5.11. The molecule has 1 aliphatic rings. The Morgan fingerprint density at radius 1 is 1.41 bits per heavy atom. The number of rotatable bonds is 8. The SMILES string of the molecule is CCOC(=O)Cc1csc(NC(=O)[C@H]2CC(=O)N(CCc3c[nH]c4ccc(Cl)cc34)C2)n1. The molecule has 1 aromatic carbocycles. The number of ether oxygens (including phenoxy) is 1. The van der Waals surface area contributed by atoms with Crippen LogP contribution in [0, 0.1) is 5.92 Å². The minimum Gasteiger partial charge on any atom is -0.466 e. The zero-order valence-corrected chi connectivity index (χ0v) is 19.1. The van der Waals surface area contributed by atoms with Gasteiger partial charge in [-0.05, 0) is 37.1 Å². The molecule has 2 amide bonds. The number of anilines is 1. The van der Waals surface area contributed by atoms with E-state index in [2.05, 4.69) is 15.3 Å². The van der Waals surface area contributed by atoms with Gasteiger partial charge in [-0.1, -0.05) is 11.6 Å². The fraction of sp³-hybridized carbons (Fsp3) is 0.364. The molecule has 4 rings (SSSR count). The van der Waals surface area contributed by atoms with Gasteiger partial charge < -0.3 is 19.9 Å². The first-order chi connectivity index (χ1) is 15.4. The van der Waals surface area contributed by atoms with Crippen molar-refractivity contribution in [3.05, 3.63) is 46.1 Å². The number of aromatic amines is 1. The number of likely N-dealkylation sites (tertiary alicyclic amines) is 1. The minimum atomic E-state index is -0.433. The Morgan fingerprint density at radius 3 is 3.06 bits per heavy atom. The number of thiazole rings is 1. The molecule has 3 heterocycles. The van der Waals surface area contributed by atoms with Crippen molar-refractivity contribution in [1.29, 1.82) is 0 Å². The Labute approximate surface area is 193 Å². The summed E-state index contributed by atoms with van der Waals surface area (Å²) in [6.45, 7) is 2.96. The molecule has 2 N–H and O–H groups in total. The van der Waals surface area contributed by atoms with Crippen molar-refractivity contribution >= 4 is 56.8 Å². The molecule has 0 saturated carbocycles. The topological polar surface area (TPSA) is 104 Å². The van der Waals surface area contributed by atoms with Crippen LogP contribution in [0.15, 0.2) is 29.8 Å².